The van der Waals surface area contributed by atoms with Crippen LogP contribution in [0.25, 0.3) is 0 Å². The van der Waals surface area contributed by atoms with Crippen LogP contribution < -0.4 is 10.1 Å². The fourth-order valence-electron chi connectivity index (χ4n) is 3.00. The molecule has 1 aliphatic rings. The van der Waals surface area contributed by atoms with Crippen molar-refractivity contribution in [3.63, 3.8) is 0 Å². The molecule has 21 heavy (non-hydrogen) atoms. The highest BCUT2D eigenvalue weighted by Gasteiger charge is 2.20. The lowest BCUT2D eigenvalue weighted by Gasteiger charge is -2.26. The number of para-hydroxylation sites is 1. The lowest BCUT2D eigenvalue weighted by molar-refractivity contribution is 0.265. The van der Waals surface area contributed by atoms with Crippen LogP contribution in [0.3, 0.4) is 0 Å². The Morgan fingerprint density at radius 1 is 1.14 bits per heavy atom. The molecule has 110 valence electrons. The third kappa shape index (κ3) is 3.64. The zero-order chi connectivity index (χ0) is 14.5. The van der Waals surface area contributed by atoms with Gasteiger partial charge in [-0.1, -0.05) is 48.0 Å². The lowest BCUT2D eigenvalue weighted by Crippen LogP contribution is -2.27. The van der Waals surface area contributed by atoms with Gasteiger partial charge in [-0.15, -0.1) is 0 Å². The van der Waals surface area contributed by atoms with E-state index in [1.54, 1.807) is 0 Å². The molecule has 2 heteroatoms. The van der Waals surface area contributed by atoms with Crippen molar-refractivity contribution in [2.45, 2.75) is 25.7 Å². The second kappa shape index (κ2) is 6.77. The van der Waals surface area contributed by atoms with E-state index in [0.29, 0.717) is 5.92 Å². The van der Waals surface area contributed by atoms with Gasteiger partial charge in [-0.3, -0.25) is 0 Å². The molecule has 0 aromatic heterocycles. The van der Waals surface area contributed by atoms with Gasteiger partial charge in [-0.05, 0) is 43.5 Å². The molecule has 0 spiro atoms. The standard InChI is InChI=1S/C19H23NO/c1-15-5-4-6-16(13-15)9-11-20-14-17-10-12-21-19-8-3-2-7-18(17)19/h2-8,13,17,20H,9-12,14H2,1H3. The molecule has 1 unspecified atom stereocenters. The Balaban J connectivity index is 1.50. The fourth-order valence-corrected chi connectivity index (χ4v) is 3.00. The van der Waals surface area contributed by atoms with Crippen molar-refractivity contribution in [2.24, 2.45) is 0 Å². The number of hydrogen-bond donors (Lipinski definition) is 1. The van der Waals surface area contributed by atoms with Crippen LogP contribution in [0.1, 0.15) is 29.0 Å². The van der Waals surface area contributed by atoms with Crippen LogP contribution in [0.15, 0.2) is 48.5 Å². The van der Waals surface area contributed by atoms with Crippen LogP contribution in [0, 0.1) is 6.92 Å². The normalized spacial score (nSPS) is 17.1. The van der Waals surface area contributed by atoms with Gasteiger partial charge in [0.2, 0.25) is 0 Å². The largest absolute Gasteiger partial charge is 0.493 e. The molecule has 0 aliphatic carbocycles. The third-order valence-electron chi connectivity index (χ3n) is 4.15. The highest BCUT2D eigenvalue weighted by molar-refractivity contribution is 5.37. The highest BCUT2D eigenvalue weighted by Crippen LogP contribution is 2.32. The summed E-state index contributed by atoms with van der Waals surface area (Å²) in [6.45, 7) is 5.05. The molecule has 0 saturated heterocycles. The van der Waals surface area contributed by atoms with Crippen LogP contribution in [0.4, 0.5) is 0 Å². The molecule has 0 radical (unpaired) electrons. The van der Waals surface area contributed by atoms with Gasteiger partial charge in [0.15, 0.2) is 0 Å². The Morgan fingerprint density at radius 2 is 2.05 bits per heavy atom. The van der Waals surface area contributed by atoms with Crippen molar-refractivity contribution in [3.05, 3.63) is 65.2 Å². The van der Waals surface area contributed by atoms with Crippen LogP contribution in [0.5, 0.6) is 5.75 Å². The molecular weight excluding hydrogens is 258 g/mol. The number of aryl methyl sites for hydroxylation is 1. The van der Waals surface area contributed by atoms with E-state index >= 15 is 0 Å². The number of nitrogens with one attached hydrogen (secondary N) is 1. The Morgan fingerprint density at radius 3 is 2.95 bits per heavy atom. The molecule has 1 atom stereocenters. The molecule has 2 nitrogen and oxygen atoms in total. The van der Waals surface area contributed by atoms with Crippen molar-refractivity contribution in [1.82, 2.24) is 5.32 Å². The van der Waals surface area contributed by atoms with E-state index in [2.05, 4.69) is 54.7 Å². The topological polar surface area (TPSA) is 21.3 Å². The monoisotopic (exact) mass is 281 g/mol. The minimum Gasteiger partial charge on any atom is -0.493 e. The van der Waals surface area contributed by atoms with Crippen molar-refractivity contribution in [2.75, 3.05) is 19.7 Å². The number of benzene rings is 2. The molecule has 1 heterocycles. The quantitative estimate of drug-likeness (QED) is 0.844. The molecule has 2 aromatic carbocycles. The van der Waals surface area contributed by atoms with Gasteiger partial charge in [0, 0.05) is 12.5 Å². The van der Waals surface area contributed by atoms with Crippen LogP contribution in [-0.2, 0) is 6.42 Å². The number of rotatable bonds is 5. The smallest absolute Gasteiger partial charge is 0.122 e. The minimum absolute atomic E-state index is 0.576. The molecule has 0 fully saturated rings. The van der Waals surface area contributed by atoms with Gasteiger partial charge in [0.1, 0.15) is 5.75 Å². The summed E-state index contributed by atoms with van der Waals surface area (Å²) in [7, 11) is 0. The average molecular weight is 281 g/mol. The molecule has 3 rings (SSSR count). The highest BCUT2D eigenvalue weighted by atomic mass is 16.5. The summed E-state index contributed by atoms with van der Waals surface area (Å²) >= 11 is 0. The van der Waals surface area contributed by atoms with E-state index < -0.39 is 0 Å². The molecular formula is C19H23NO. The summed E-state index contributed by atoms with van der Waals surface area (Å²) in [4.78, 5) is 0. The summed E-state index contributed by atoms with van der Waals surface area (Å²) in [6, 6.07) is 17.2. The van der Waals surface area contributed by atoms with Crippen molar-refractivity contribution < 1.29 is 4.74 Å². The number of ether oxygens (including phenoxy) is 1. The molecule has 0 bridgehead atoms. The van der Waals surface area contributed by atoms with E-state index in [9.17, 15) is 0 Å². The summed E-state index contributed by atoms with van der Waals surface area (Å²) in [6.07, 6.45) is 2.20. The number of fused-ring (bicyclic) bond motifs is 1. The van der Waals surface area contributed by atoms with Crippen LogP contribution in [-0.4, -0.2) is 19.7 Å². The maximum Gasteiger partial charge on any atom is 0.122 e. The van der Waals surface area contributed by atoms with E-state index in [-0.39, 0.29) is 0 Å². The first kappa shape index (κ1) is 14.2. The fraction of sp³-hybridized carbons (Fsp3) is 0.368. The summed E-state index contributed by atoms with van der Waals surface area (Å²) in [5, 5.41) is 3.61. The van der Waals surface area contributed by atoms with Crippen LogP contribution >= 0.6 is 0 Å². The maximum absolute atomic E-state index is 5.71. The minimum atomic E-state index is 0.576. The van der Waals surface area contributed by atoms with Gasteiger partial charge in [0.25, 0.3) is 0 Å². The summed E-state index contributed by atoms with van der Waals surface area (Å²) in [5.41, 5.74) is 4.10. The Bertz CT molecular complexity index is 594. The molecule has 2 aromatic rings. The predicted molar refractivity (Wildman–Crippen MR) is 87.0 cm³/mol. The summed E-state index contributed by atoms with van der Waals surface area (Å²) in [5.74, 6) is 1.64. The Kier molecular flexibility index (Phi) is 4.56. The Labute approximate surface area is 127 Å². The lowest BCUT2D eigenvalue weighted by atomic mass is 9.93. The van der Waals surface area contributed by atoms with E-state index in [1.807, 2.05) is 6.07 Å². The molecule has 1 N–H and O–H groups in total. The zero-order valence-corrected chi connectivity index (χ0v) is 12.6. The van der Waals surface area contributed by atoms with Crippen molar-refractivity contribution >= 4 is 0 Å². The predicted octanol–water partition coefficient (Wildman–Crippen LogP) is 3.69. The van der Waals surface area contributed by atoms with Crippen molar-refractivity contribution in [1.29, 1.82) is 0 Å². The first-order valence-electron chi connectivity index (χ1n) is 7.81. The molecule has 1 aliphatic heterocycles. The SMILES string of the molecule is Cc1cccc(CCNCC2CCOc3ccccc32)c1. The first-order chi connectivity index (χ1) is 10.3. The van der Waals surface area contributed by atoms with E-state index in [4.69, 9.17) is 4.74 Å². The third-order valence-corrected chi connectivity index (χ3v) is 4.15. The van der Waals surface area contributed by atoms with Gasteiger partial charge in [-0.25, -0.2) is 0 Å². The average Bonchev–Trinajstić information content (AvgIpc) is 2.52. The number of hydrogen-bond acceptors (Lipinski definition) is 2. The molecule has 0 saturated carbocycles. The zero-order valence-electron chi connectivity index (χ0n) is 12.6. The van der Waals surface area contributed by atoms with Crippen molar-refractivity contribution in [3.8, 4) is 5.75 Å². The van der Waals surface area contributed by atoms with E-state index in [1.165, 1.54) is 16.7 Å². The first-order valence-corrected chi connectivity index (χ1v) is 7.81. The van der Waals surface area contributed by atoms with Gasteiger partial charge < -0.3 is 10.1 Å². The van der Waals surface area contributed by atoms with Gasteiger partial charge in [0.05, 0.1) is 6.61 Å². The summed E-state index contributed by atoms with van der Waals surface area (Å²) < 4.78 is 5.71. The Hall–Kier alpha value is -1.80. The van der Waals surface area contributed by atoms with Gasteiger partial charge >= 0.3 is 0 Å². The second-order valence-electron chi connectivity index (χ2n) is 5.82. The second-order valence-corrected chi connectivity index (χ2v) is 5.82. The van der Waals surface area contributed by atoms with E-state index in [0.717, 1.165) is 38.3 Å². The maximum atomic E-state index is 5.71. The van der Waals surface area contributed by atoms with Crippen LogP contribution in [0.2, 0.25) is 0 Å². The van der Waals surface area contributed by atoms with Gasteiger partial charge in [-0.2, -0.15) is 0 Å². The molecule has 0 amide bonds.